The molecule has 0 atom stereocenters. The maximum atomic E-state index is 13.6. The van der Waals surface area contributed by atoms with Gasteiger partial charge in [0, 0.05) is 19.3 Å². The molecule has 2 aromatic rings. The lowest BCUT2D eigenvalue weighted by molar-refractivity contribution is 0.0946. The Hall–Kier alpha value is -2.40. The molecule has 1 amide bonds. The third kappa shape index (κ3) is 3.79. The van der Waals surface area contributed by atoms with Crippen molar-refractivity contribution in [3.05, 3.63) is 65.0 Å². The van der Waals surface area contributed by atoms with E-state index in [-0.39, 0.29) is 5.56 Å². The van der Waals surface area contributed by atoms with E-state index in [9.17, 15) is 9.18 Å². The lowest BCUT2D eigenvalue weighted by atomic mass is 10.1. The molecular formula is C16H17FN2O2. The van der Waals surface area contributed by atoms with Crippen molar-refractivity contribution >= 4 is 11.6 Å². The number of nitrogens with one attached hydrogen (secondary N) is 1. The van der Waals surface area contributed by atoms with Crippen molar-refractivity contribution in [3.8, 4) is 0 Å². The molecule has 0 aliphatic heterocycles. The highest BCUT2D eigenvalue weighted by Gasteiger charge is 2.12. The number of nitrogen functional groups attached to an aromatic ring is 1. The van der Waals surface area contributed by atoms with Gasteiger partial charge in [-0.25, -0.2) is 4.39 Å². The summed E-state index contributed by atoms with van der Waals surface area (Å²) in [5.41, 5.74) is 7.77. The predicted molar refractivity (Wildman–Crippen MR) is 79.1 cm³/mol. The zero-order valence-corrected chi connectivity index (χ0v) is 11.7. The summed E-state index contributed by atoms with van der Waals surface area (Å²) in [6, 6.07) is 11.5. The maximum Gasteiger partial charge on any atom is 0.254 e. The van der Waals surface area contributed by atoms with Crippen LogP contribution in [0.3, 0.4) is 0 Å². The Kier molecular flexibility index (Phi) is 4.90. The molecule has 0 bridgehead atoms. The summed E-state index contributed by atoms with van der Waals surface area (Å²) < 4.78 is 18.7. The number of anilines is 1. The molecule has 0 unspecified atom stereocenters. The zero-order valence-electron chi connectivity index (χ0n) is 11.7. The molecule has 0 radical (unpaired) electrons. The lowest BCUT2D eigenvalue weighted by Crippen LogP contribution is -2.24. The molecule has 2 rings (SSSR count). The SMILES string of the molecule is COCc1ccccc1CNC(=O)c1cc(N)ccc1F. The van der Waals surface area contributed by atoms with Gasteiger partial charge in [-0.1, -0.05) is 24.3 Å². The van der Waals surface area contributed by atoms with E-state index < -0.39 is 11.7 Å². The van der Waals surface area contributed by atoms with Gasteiger partial charge in [0.05, 0.1) is 12.2 Å². The minimum atomic E-state index is -0.591. The van der Waals surface area contributed by atoms with Gasteiger partial charge >= 0.3 is 0 Å². The van der Waals surface area contributed by atoms with Gasteiger partial charge in [-0.15, -0.1) is 0 Å². The second-order valence-corrected chi connectivity index (χ2v) is 4.62. The summed E-state index contributed by atoms with van der Waals surface area (Å²) in [4.78, 5) is 12.0. The van der Waals surface area contributed by atoms with Crippen molar-refractivity contribution in [3.63, 3.8) is 0 Å². The van der Waals surface area contributed by atoms with Crippen LogP contribution in [0.4, 0.5) is 10.1 Å². The summed E-state index contributed by atoms with van der Waals surface area (Å²) in [5.74, 6) is -1.08. The quantitative estimate of drug-likeness (QED) is 0.831. The van der Waals surface area contributed by atoms with Gasteiger partial charge in [0.25, 0.3) is 5.91 Å². The molecule has 110 valence electrons. The fourth-order valence-electron chi connectivity index (χ4n) is 2.01. The number of hydrogen-bond donors (Lipinski definition) is 2. The molecule has 5 heteroatoms. The van der Waals surface area contributed by atoms with E-state index >= 15 is 0 Å². The highest BCUT2D eigenvalue weighted by molar-refractivity contribution is 5.95. The summed E-state index contributed by atoms with van der Waals surface area (Å²) in [7, 11) is 1.61. The highest BCUT2D eigenvalue weighted by Crippen LogP contribution is 2.13. The minimum absolute atomic E-state index is 0.0563. The van der Waals surface area contributed by atoms with Crippen molar-refractivity contribution in [1.29, 1.82) is 0 Å². The van der Waals surface area contributed by atoms with Gasteiger partial charge < -0.3 is 15.8 Å². The number of carbonyl (C=O) groups excluding carboxylic acids is 1. The molecular weight excluding hydrogens is 271 g/mol. The smallest absolute Gasteiger partial charge is 0.254 e. The third-order valence-corrected chi connectivity index (χ3v) is 3.09. The van der Waals surface area contributed by atoms with E-state index in [0.29, 0.717) is 18.8 Å². The molecule has 0 aromatic heterocycles. The van der Waals surface area contributed by atoms with Gasteiger partial charge in [-0.05, 0) is 29.3 Å². The van der Waals surface area contributed by atoms with Gasteiger partial charge in [-0.3, -0.25) is 4.79 Å². The summed E-state index contributed by atoms with van der Waals surface area (Å²) >= 11 is 0. The van der Waals surface area contributed by atoms with E-state index in [1.165, 1.54) is 18.2 Å². The Balaban J connectivity index is 2.09. The van der Waals surface area contributed by atoms with E-state index in [1.54, 1.807) is 7.11 Å². The van der Waals surface area contributed by atoms with Gasteiger partial charge in [-0.2, -0.15) is 0 Å². The lowest BCUT2D eigenvalue weighted by Gasteiger charge is -2.10. The molecule has 2 aromatic carbocycles. The average molecular weight is 288 g/mol. The fraction of sp³-hybridized carbons (Fsp3) is 0.188. The molecule has 0 spiro atoms. The first-order valence-corrected chi connectivity index (χ1v) is 6.50. The van der Waals surface area contributed by atoms with Crippen LogP contribution in [-0.2, 0) is 17.9 Å². The van der Waals surface area contributed by atoms with Gasteiger partial charge in [0.2, 0.25) is 0 Å². The molecule has 0 aliphatic rings. The number of methoxy groups -OCH3 is 1. The fourth-order valence-corrected chi connectivity index (χ4v) is 2.01. The van der Waals surface area contributed by atoms with Crippen LogP contribution in [0.25, 0.3) is 0 Å². The molecule has 0 saturated carbocycles. The summed E-state index contributed by atoms with van der Waals surface area (Å²) in [6.45, 7) is 0.755. The van der Waals surface area contributed by atoms with Crippen molar-refractivity contribution in [2.24, 2.45) is 0 Å². The Morgan fingerprint density at radius 3 is 2.67 bits per heavy atom. The first-order chi connectivity index (χ1) is 10.1. The number of carbonyl (C=O) groups is 1. The number of halogens is 1. The Morgan fingerprint density at radius 2 is 1.95 bits per heavy atom. The van der Waals surface area contributed by atoms with E-state index in [1.807, 2.05) is 24.3 Å². The molecule has 0 fully saturated rings. The molecule has 4 nitrogen and oxygen atoms in total. The minimum Gasteiger partial charge on any atom is -0.399 e. The van der Waals surface area contributed by atoms with E-state index in [2.05, 4.69) is 5.32 Å². The zero-order chi connectivity index (χ0) is 15.2. The van der Waals surface area contributed by atoms with Crippen LogP contribution in [-0.4, -0.2) is 13.0 Å². The number of nitrogens with two attached hydrogens (primary N) is 1. The number of ether oxygens (including phenoxy) is 1. The summed E-state index contributed by atoms with van der Waals surface area (Å²) in [6.07, 6.45) is 0. The Bertz CT molecular complexity index is 644. The van der Waals surface area contributed by atoms with Crippen LogP contribution in [0.5, 0.6) is 0 Å². The number of benzene rings is 2. The standard InChI is InChI=1S/C16H17FN2O2/c1-21-10-12-5-3-2-4-11(12)9-19-16(20)14-8-13(18)6-7-15(14)17/h2-8H,9-10,18H2,1H3,(H,19,20). The highest BCUT2D eigenvalue weighted by atomic mass is 19.1. The van der Waals surface area contributed by atoms with Gasteiger partial charge in [0.1, 0.15) is 5.82 Å². The number of rotatable bonds is 5. The normalized spacial score (nSPS) is 10.4. The van der Waals surface area contributed by atoms with Crippen LogP contribution < -0.4 is 11.1 Å². The third-order valence-electron chi connectivity index (χ3n) is 3.09. The second-order valence-electron chi connectivity index (χ2n) is 4.62. The van der Waals surface area contributed by atoms with Crippen LogP contribution in [0, 0.1) is 5.82 Å². The number of amides is 1. The molecule has 0 aliphatic carbocycles. The van der Waals surface area contributed by atoms with E-state index in [0.717, 1.165) is 11.1 Å². The maximum absolute atomic E-state index is 13.6. The second kappa shape index (κ2) is 6.85. The monoisotopic (exact) mass is 288 g/mol. The molecule has 0 heterocycles. The van der Waals surface area contributed by atoms with E-state index in [4.69, 9.17) is 10.5 Å². The van der Waals surface area contributed by atoms with Crippen LogP contribution in [0.1, 0.15) is 21.5 Å². The number of hydrogen-bond acceptors (Lipinski definition) is 3. The van der Waals surface area contributed by atoms with Crippen molar-refractivity contribution < 1.29 is 13.9 Å². The first kappa shape index (κ1) is 15.0. The Morgan fingerprint density at radius 1 is 1.24 bits per heavy atom. The van der Waals surface area contributed by atoms with Crippen LogP contribution in [0.2, 0.25) is 0 Å². The molecule has 21 heavy (non-hydrogen) atoms. The van der Waals surface area contributed by atoms with Crippen molar-refractivity contribution in [1.82, 2.24) is 5.32 Å². The average Bonchev–Trinajstić information content (AvgIpc) is 2.49. The van der Waals surface area contributed by atoms with Crippen LogP contribution in [0.15, 0.2) is 42.5 Å². The van der Waals surface area contributed by atoms with Crippen molar-refractivity contribution in [2.45, 2.75) is 13.2 Å². The van der Waals surface area contributed by atoms with Crippen molar-refractivity contribution in [2.75, 3.05) is 12.8 Å². The van der Waals surface area contributed by atoms with Crippen LogP contribution >= 0.6 is 0 Å². The first-order valence-electron chi connectivity index (χ1n) is 6.50. The van der Waals surface area contributed by atoms with Gasteiger partial charge in [0.15, 0.2) is 0 Å². The topological polar surface area (TPSA) is 64.3 Å². The molecule has 0 saturated heterocycles. The molecule has 3 N–H and O–H groups in total. The largest absolute Gasteiger partial charge is 0.399 e. The Labute approximate surface area is 122 Å². The summed E-state index contributed by atoms with van der Waals surface area (Å²) in [5, 5.41) is 2.69. The predicted octanol–water partition coefficient (Wildman–Crippen LogP) is 2.48.